The Kier molecular flexibility index (Phi) is 11.7. The molecule has 0 aromatic heterocycles. The number of hydrogen-bond acceptors (Lipinski definition) is 7. The number of sulfonamides is 1. The molecule has 2 aliphatic heterocycles. The lowest BCUT2D eigenvalue weighted by Gasteiger charge is -2.37. The van der Waals surface area contributed by atoms with E-state index >= 15 is 0 Å². The number of aliphatic imine (C=N–C) groups is 1. The second-order valence-electron chi connectivity index (χ2n) is 14.9. The summed E-state index contributed by atoms with van der Waals surface area (Å²) in [7, 11) is -5.68. The van der Waals surface area contributed by atoms with Gasteiger partial charge in [-0.25, -0.2) is 12.7 Å². The maximum Gasteiger partial charge on any atom is 0.573 e. The van der Waals surface area contributed by atoms with E-state index in [1.807, 2.05) is 39.0 Å². The lowest BCUT2D eigenvalue weighted by molar-refractivity contribution is -0.274. The minimum atomic E-state index is -4.86. The quantitative estimate of drug-likeness (QED) is 0.260. The van der Waals surface area contributed by atoms with E-state index in [4.69, 9.17) is 4.43 Å². The van der Waals surface area contributed by atoms with Gasteiger partial charge in [-0.15, -0.1) is 13.2 Å². The van der Waals surface area contributed by atoms with Crippen LogP contribution in [0.2, 0.25) is 18.1 Å². The van der Waals surface area contributed by atoms with E-state index in [1.165, 1.54) is 16.4 Å². The van der Waals surface area contributed by atoms with Crippen molar-refractivity contribution in [2.24, 2.45) is 10.9 Å². The Labute approximate surface area is 294 Å². The van der Waals surface area contributed by atoms with Gasteiger partial charge in [0.25, 0.3) is 5.91 Å². The Morgan fingerprint density at radius 3 is 2.34 bits per heavy atom. The van der Waals surface area contributed by atoms with Crippen molar-refractivity contribution in [1.82, 2.24) is 9.62 Å². The molecule has 2 heterocycles. The Morgan fingerprint density at radius 1 is 1.10 bits per heavy atom. The zero-order valence-corrected chi connectivity index (χ0v) is 31.9. The Morgan fingerprint density at radius 2 is 1.76 bits per heavy atom. The van der Waals surface area contributed by atoms with Crippen LogP contribution in [0.4, 0.5) is 18.9 Å². The minimum absolute atomic E-state index is 0.0159. The molecule has 2 amide bonds. The van der Waals surface area contributed by atoms with Crippen molar-refractivity contribution in [1.29, 1.82) is 0 Å². The summed E-state index contributed by atoms with van der Waals surface area (Å²) in [6.45, 7) is 17.5. The van der Waals surface area contributed by atoms with E-state index in [-0.39, 0.29) is 66.4 Å². The number of nitrogens with one attached hydrogen (secondary N) is 1. The molecule has 4 rings (SSSR count). The summed E-state index contributed by atoms with van der Waals surface area (Å²) in [4.78, 5) is 32.5. The van der Waals surface area contributed by atoms with Gasteiger partial charge in [0.2, 0.25) is 15.9 Å². The fraction of sp³-hybridized carbons (Fsp3) is 0.571. The molecule has 10 nitrogen and oxygen atoms in total. The number of hydrogen-bond donors (Lipinski definition) is 1. The summed E-state index contributed by atoms with van der Waals surface area (Å²) in [6, 6.07) is 10.8. The van der Waals surface area contributed by atoms with Crippen LogP contribution in [-0.2, 0) is 30.5 Å². The van der Waals surface area contributed by atoms with Gasteiger partial charge < -0.3 is 19.4 Å². The lowest BCUT2D eigenvalue weighted by atomic mass is 9.89. The highest BCUT2D eigenvalue weighted by atomic mass is 32.2. The highest BCUT2D eigenvalue weighted by molar-refractivity contribution is 7.89. The molecule has 1 spiro atoms. The molecule has 2 aromatic carbocycles. The van der Waals surface area contributed by atoms with Crippen LogP contribution >= 0.6 is 0 Å². The van der Waals surface area contributed by atoms with E-state index in [2.05, 4.69) is 48.9 Å². The molecule has 1 N–H and O–H groups in total. The molecule has 2 aliphatic rings. The number of aryl methyl sites for hydroxylation is 2. The molecule has 50 heavy (non-hydrogen) atoms. The largest absolute Gasteiger partial charge is 0.573 e. The van der Waals surface area contributed by atoms with Gasteiger partial charge in [-0.2, -0.15) is 0 Å². The second-order valence-corrected chi connectivity index (χ2v) is 21.7. The third kappa shape index (κ3) is 9.33. The van der Waals surface area contributed by atoms with Gasteiger partial charge in [-0.05, 0) is 79.7 Å². The molecule has 2 aromatic rings. The average molecular weight is 739 g/mol. The Balaban J connectivity index is 1.39. The van der Waals surface area contributed by atoms with E-state index in [9.17, 15) is 31.2 Å². The first-order chi connectivity index (χ1) is 23.0. The zero-order valence-electron chi connectivity index (χ0n) is 30.1. The number of carbonyl (C=O) groups is 2. The van der Waals surface area contributed by atoms with Crippen LogP contribution < -0.4 is 15.0 Å². The molecule has 276 valence electrons. The summed E-state index contributed by atoms with van der Waals surface area (Å²) in [5, 5.41) is 2.70. The lowest BCUT2D eigenvalue weighted by Crippen LogP contribution is -2.50. The molecule has 0 atom stereocenters. The highest BCUT2D eigenvalue weighted by Gasteiger charge is 2.47. The standard InChI is InChI=1S/C35H49F3N4O6SSi/c1-24(2)31(43)42(19-20-47-50(7,8)33(4,5)6)28-13-12-26(25(3)22-28)14-21-49(45,46)41-17-15-34(16-18-41)32(44)39-30(40-34)27-10-9-11-29(23-27)48-35(36,37)38/h9-13,22-24H,14-21H2,1-8H3,(H,39,40,44). The molecule has 0 aliphatic carbocycles. The predicted octanol–water partition coefficient (Wildman–Crippen LogP) is 6.19. The number of piperidine rings is 1. The minimum Gasteiger partial charge on any atom is -0.415 e. The summed E-state index contributed by atoms with van der Waals surface area (Å²) in [5.74, 6) is -1.10. The normalized spacial score (nSPS) is 17.2. The van der Waals surface area contributed by atoms with Crippen molar-refractivity contribution in [3.05, 3.63) is 59.2 Å². The SMILES string of the molecule is Cc1cc(N(CCO[Si](C)(C)C(C)(C)C)C(=O)C(C)C)ccc1CCS(=O)(=O)N1CCC2(CC1)N=C(c1cccc(OC(F)(F)F)c1)NC2=O. The third-order valence-corrected chi connectivity index (χ3v) is 16.3. The first-order valence-electron chi connectivity index (χ1n) is 16.8. The monoisotopic (exact) mass is 738 g/mol. The number of alkyl halides is 3. The Bertz CT molecular complexity index is 1720. The first kappa shape index (κ1) is 39.5. The van der Waals surface area contributed by atoms with Gasteiger partial charge in [-0.1, -0.05) is 52.8 Å². The van der Waals surface area contributed by atoms with Crippen LogP contribution in [-0.4, -0.2) is 82.6 Å². The number of carbonyl (C=O) groups excluding carboxylic acids is 2. The van der Waals surface area contributed by atoms with Crippen molar-refractivity contribution in [3.63, 3.8) is 0 Å². The summed E-state index contributed by atoms with van der Waals surface area (Å²) in [6.07, 6.45) is -4.34. The number of amidine groups is 1. The van der Waals surface area contributed by atoms with Crippen LogP contribution in [0.5, 0.6) is 5.75 Å². The Hall–Kier alpha value is -3.27. The number of nitrogens with zero attached hydrogens (tertiary/aromatic N) is 3. The van der Waals surface area contributed by atoms with Crippen LogP contribution in [0.1, 0.15) is 64.2 Å². The number of anilines is 1. The fourth-order valence-corrected chi connectivity index (χ4v) is 8.26. The van der Waals surface area contributed by atoms with Crippen molar-refractivity contribution < 1.29 is 40.3 Å². The van der Waals surface area contributed by atoms with Crippen molar-refractivity contribution >= 4 is 41.7 Å². The summed E-state index contributed by atoms with van der Waals surface area (Å²) < 4.78 is 76.6. The fourth-order valence-electron chi connectivity index (χ4n) is 5.75. The molecule has 1 saturated heterocycles. The molecular weight excluding hydrogens is 690 g/mol. The number of rotatable bonds is 12. The van der Waals surface area contributed by atoms with Crippen LogP contribution in [0.25, 0.3) is 0 Å². The molecular formula is C35H49F3N4O6SSi. The van der Waals surface area contributed by atoms with Gasteiger partial charge >= 0.3 is 6.36 Å². The maximum absolute atomic E-state index is 13.4. The summed E-state index contributed by atoms with van der Waals surface area (Å²) >= 11 is 0. The van der Waals surface area contributed by atoms with E-state index < -0.39 is 41.9 Å². The first-order valence-corrected chi connectivity index (χ1v) is 21.4. The third-order valence-electron chi connectivity index (χ3n) is 9.88. The van der Waals surface area contributed by atoms with E-state index in [0.717, 1.165) is 28.9 Å². The van der Waals surface area contributed by atoms with Gasteiger partial charge in [0.1, 0.15) is 17.1 Å². The van der Waals surface area contributed by atoms with Crippen molar-refractivity contribution in [2.75, 3.05) is 36.9 Å². The van der Waals surface area contributed by atoms with Crippen LogP contribution in [0.3, 0.4) is 0 Å². The summed E-state index contributed by atoms with van der Waals surface area (Å²) in [5.41, 5.74) is 1.51. The maximum atomic E-state index is 13.4. The number of benzene rings is 2. The molecule has 0 bridgehead atoms. The number of ether oxygens (including phenoxy) is 1. The van der Waals surface area contributed by atoms with Gasteiger partial charge in [-0.3, -0.25) is 14.6 Å². The van der Waals surface area contributed by atoms with E-state index in [0.29, 0.717) is 13.2 Å². The predicted molar refractivity (Wildman–Crippen MR) is 190 cm³/mol. The smallest absolute Gasteiger partial charge is 0.415 e. The van der Waals surface area contributed by atoms with Crippen LogP contribution in [0.15, 0.2) is 47.5 Å². The van der Waals surface area contributed by atoms with Crippen LogP contribution in [0, 0.1) is 12.8 Å². The molecule has 15 heteroatoms. The number of halogens is 3. The van der Waals surface area contributed by atoms with Crippen molar-refractivity contribution in [2.45, 2.75) is 90.8 Å². The van der Waals surface area contributed by atoms with Gasteiger partial charge in [0.15, 0.2) is 8.32 Å². The van der Waals surface area contributed by atoms with Gasteiger partial charge in [0.05, 0.1) is 12.4 Å². The van der Waals surface area contributed by atoms with E-state index in [1.54, 1.807) is 4.90 Å². The molecule has 1 fully saturated rings. The number of amides is 2. The topological polar surface area (TPSA) is 118 Å². The zero-order chi connectivity index (χ0) is 37.3. The second kappa shape index (κ2) is 14.8. The molecule has 0 saturated carbocycles. The van der Waals surface area contributed by atoms with Gasteiger partial charge in [0, 0.05) is 36.8 Å². The van der Waals surface area contributed by atoms with Crippen molar-refractivity contribution in [3.8, 4) is 5.75 Å². The highest BCUT2D eigenvalue weighted by Crippen LogP contribution is 2.37. The molecule has 0 radical (unpaired) electrons. The molecule has 0 unspecified atom stereocenters. The average Bonchev–Trinajstić information content (AvgIpc) is 3.32.